The van der Waals surface area contributed by atoms with Crippen LogP contribution in [0.4, 0.5) is 10.1 Å². The molecule has 0 aliphatic heterocycles. The molecule has 1 amide bonds. The summed E-state index contributed by atoms with van der Waals surface area (Å²) in [7, 11) is 0. The SMILES string of the molecule is Cc1ccc(OCc2nc(C(=O)Nc3cc(F)ccc3C)cs2)cc1. The molecule has 0 radical (unpaired) electrons. The number of hydrogen-bond acceptors (Lipinski definition) is 4. The van der Waals surface area contributed by atoms with Gasteiger partial charge in [0.25, 0.3) is 5.91 Å². The van der Waals surface area contributed by atoms with Crippen molar-refractivity contribution in [2.24, 2.45) is 0 Å². The number of carbonyl (C=O) groups is 1. The van der Waals surface area contributed by atoms with E-state index in [1.54, 1.807) is 18.4 Å². The summed E-state index contributed by atoms with van der Waals surface area (Å²) in [4.78, 5) is 16.6. The summed E-state index contributed by atoms with van der Waals surface area (Å²) in [5.74, 6) is -0.0138. The van der Waals surface area contributed by atoms with Gasteiger partial charge in [0, 0.05) is 11.1 Å². The molecule has 0 bridgehead atoms. The van der Waals surface area contributed by atoms with Gasteiger partial charge >= 0.3 is 0 Å². The van der Waals surface area contributed by atoms with Crippen LogP contribution < -0.4 is 10.1 Å². The van der Waals surface area contributed by atoms with Crippen molar-refractivity contribution in [3.05, 3.63) is 75.5 Å². The summed E-state index contributed by atoms with van der Waals surface area (Å²) < 4.78 is 19.0. The maximum absolute atomic E-state index is 13.3. The molecule has 25 heavy (non-hydrogen) atoms. The Morgan fingerprint density at radius 3 is 2.72 bits per heavy atom. The third-order valence-corrected chi connectivity index (χ3v) is 4.44. The number of thiazole rings is 1. The monoisotopic (exact) mass is 356 g/mol. The molecule has 0 spiro atoms. The normalized spacial score (nSPS) is 10.5. The topological polar surface area (TPSA) is 51.2 Å². The van der Waals surface area contributed by atoms with E-state index < -0.39 is 5.82 Å². The van der Waals surface area contributed by atoms with Gasteiger partial charge in [-0.05, 0) is 43.7 Å². The minimum atomic E-state index is -0.397. The Bertz CT molecular complexity index is 891. The zero-order valence-electron chi connectivity index (χ0n) is 13.9. The number of anilines is 1. The van der Waals surface area contributed by atoms with Crippen LogP contribution in [0, 0.1) is 19.7 Å². The Kier molecular flexibility index (Phi) is 5.09. The summed E-state index contributed by atoms with van der Waals surface area (Å²) >= 11 is 1.35. The van der Waals surface area contributed by atoms with Crippen molar-refractivity contribution in [1.82, 2.24) is 4.98 Å². The average molecular weight is 356 g/mol. The predicted octanol–water partition coefficient (Wildman–Crippen LogP) is 4.73. The zero-order chi connectivity index (χ0) is 17.8. The van der Waals surface area contributed by atoms with Crippen molar-refractivity contribution < 1.29 is 13.9 Å². The van der Waals surface area contributed by atoms with E-state index in [1.807, 2.05) is 31.2 Å². The standard InChI is InChI=1S/C19H17FN2O2S/c1-12-3-7-15(8-4-12)24-10-18-21-17(11-25-18)19(23)22-16-9-14(20)6-5-13(16)2/h3-9,11H,10H2,1-2H3,(H,22,23). The lowest BCUT2D eigenvalue weighted by molar-refractivity contribution is 0.102. The summed E-state index contributed by atoms with van der Waals surface area (Å²) in [6, 6.07) is 12.0. The largest absolute Gasteiger partial charge is 0.486 e. The molecule has 1 heterocycles. The Morgan fingerprint density at radius 1 is 1.20 bits per heavy atom. The number of aryl methyl sites for hydroxylation is 2. The van der Waals surface area contributed by atoms with Crippen LogP contribution in [0.5, 0.6) is 5.75 Å². The molecule has 2 aromatic carbocycles. The summed E-state index contributed by atoms with van der Waals surface area (Å²) in [5, 5.41) is 5.05. The molecule has 0 atom stereocenters. The minimum Gasteiger partial charge on any atom is -0.486 e. The van der Waals surface area contributed by atoms with E-state index >= 15 is 0 Å². The highest BCUT2D eigenvalue weighted by Crippen LogP contribution is 2.19. The highest BCUT2D eigenvalue weighted by molar-refractivity contribution is 7.09. The van der Waals surface area contributed by atoms with Crippen LogP contribution in [-0.2, 0) is 6.61 Å². The molecule has 0 fully saturated rings. The first-order valence-electron chi connectivity index (χ1n) is 7.72. The summed E-state index contributed by atoms with van der Waals surface area (Å²) in [6.07, 6.45) is 0. The first-order valence-corrected chi connectivity index (χ1v) is 8.60. The molecule has 0 saturated carbocycles. The summed E-state index contributed by atoms with van der Waals surface area (Å²) in [5.41, 5.74) is 2.67. The number of carbonyl (C=O) groups excluding carboxylic acids is 1. The van der Waals surface area contributed by atoms with Crippen molar-refractivity contribution >= 4 is 22.9 Å². The quantitative estimate of drug-likeness (QED) is 0.719. The van der Waals surface area contributed by atoms with Crippen LogP contribution in [0.2, 0.25) is 0 Å². The highest BCUT2D eigenvalue weighted by atomic mass is 32.1. The molecular weight excluding hydrogens is 339 g/mol. The number of rotatable bonds is 5. The number of ether oxygens (including phenoxy) is 1. The van der Waals surface area contributed by atoms with Gasteiger partial charge in [-0.15, -0.1) is 11.3 Å². The maximum atomic E-state index is 13.3. The van der Waals surface area contributed by atoms with Gasteiger partial charge in [0.2, 0.25) is 0 Å². The number of hydrogen-bond donors (Lipinski definition) is 1. The second kappa shape index (κ2) is 7.44. The smallest absolute Gasteiger partial charge is 0.275 e. The van der Waals surface area contributed by atoms with Crippen LogP contribution in [0.15, 0.2) is 47.8 Å². The highest BCUT2D eigenvalue weighted by Gasteiger charge is 2.13. The van der Waals surface area contributed by atoms with Crippen LogP contribution in [0.1, 0.15) is 26.6 Å². The van der Waals surface area contributed by atoms with Crippen molar-refractivity contribution in [3.63, 3.8) is 0 Å². The van der Waals surface area contributed by atoms with E-state index in [4.69, 9.17) is 4.74 Å². The lowest BCUT2D eigenvalue weighted by Crippen LogP contribution is -2.13. The fourth-order valence-electron chi connectivity index (χ4n) is 2.18. The lowest BCUT2D eigenvalue weighted by atomic mass is 10.2. The van der Waals surface area contributed by atoms with Gasteiger partial charge < -0.3 is 10.1 Å². The third-order valence-electron chi connectivity index (χ3n) is 3.62. The van der Waals surface area contributed by atoms with Gasteiger partial charge in [-0.1, -0.05) is 23.8 Å². The van der Waals surface area contributed by atoms with E-state index in [2.05, 4.69) is 10.3 Å². The molecule has 0 unspecified atom stereocenters. The van der Waals surface area contributed by atoms with Gasteiger partial charge in [0.05, 0.1) is 0 Å². The number of amides is 1. The van der Waals surface area contributed by atoms with Crippen molar-refractivity contribution in [3.8, 4) is 5.75 Å². The first kappa shape index (κ1) is 17.1. The van der Waals surface area contributed by atoms with Crippen LogP contribution in [-0.4, -0.2) is 10.9 Å². The second-order valence-corrected chi connectivity index (χ2v) is 6.58. The maximum Gasteiger partial charge on any atom is 0.275 e. The molecule has 3 rings (SSSR count). The van der Waals surface area contributed by atoms with Crippen molar-refractivity contribution in [2.75, 3.05) is 5.32 Å². The molecule has 128 valence electrons. The predicted molar refractivity (Wildman–Crippen MR) is 96.7 cm³/mol. The lowest BCUT2D eigenvalue weighted by Gasteiger charge is -2.07. The number of aromatic nitrogens is 1. The van der Waals surface area contributed by atoms with E-state index in [0.29, 0.717) is 17.3 Å². The third kappa shape index (κ3) is 4.42. The van der Waals surface area contributed by atoms with Gasteiger partial charge in [-0.3, -0.25) is 4.79 Å². The van der Waals surface area contributed by atoms with Gasteiger partial charge in [-0.2, -0.15) is 0 Å². The van der Waals surface area contributed by atoms with Crippen LogP contribution >= 0.6 is 11.3 Å². The molecular formula is C19H17FN2O2S. The van der Waals surface area contributed by atoms with E-state index in [1.165, 1.54) is 23.5 Å². The van der Waals surface area contributed by atoms with E-state index in [0.717, 1.165) is 16.9 Å². The van der Waals surface area contributed by atoms with Gasteiger partial charge in [0.15, 0.2) is 0 Å². The zero-order valence-corrected chi connectivity index (χ0v) is 14.7. The molecule has 0 aliphatic rings. The molecule has 1 aromatic heterocycles. The Labute approximate surface area is 149 Å². The minimum absolute atomic E-state index is 0.288. The van der Waals surface area contributed by atoms with Crippen molar-refractivity contribution in [2.45, 2.75) is 20.5 Å². The molecule has 0 aliphatic carbocycles. The number of nitrogens with zero attached hydrogens (tertiary/aromatic N) is 1. The molecule has 0 saturated heterocycles. The van der Waals surface area contributed by atoms with Gasteiger partial charge in [-0.25, -0.2) is 9.37 Å². The van der Waals surface area contributed by atoms with Gasteiger partial charge in [0.1, 0.15) is 28.9 Å². The van der Waals surface area contributed by atoms with Crippen molar-refractivity contribution in [1.29, 1.82) is 0 Å². The second-order valence-electron chi connectivity index (χ2n) is 5.64. The number of benzene rings is 2. The Hall–Kier alpha value is -2.73. The summed E-state index contributed by atoms with van der Waals surface area (Å²) in [6.45, 7) is 4.10. The average Bonchev–Trinajstić information content (AvgIpc) is 3.07. The number of nitrogens with one attached hydrogen (secondary N) is 1. The van der Waals surface area contributed by atoms with E-state index in [-0.39, 0.29) is 11.6 Å². The van der Waals surface area contributed by atoms with E-state index in [9.17, 15) is 9.18 Å². The molecule has 3 aromatic rings. The molecule has 4 nitrogen and oxygen atoms in total. The Balaban J connectivity index is 1.63. The Morgan fingerprint density at radius 2 is 1.96 bits per heavy atom. The fraction of sp³-hybridized carbons (Fsp3) is 0.158. The van der Waals surface area contributed by atoms with Crippen LogP contribution in [0.3, 0.4) is 0 Å². The fourth-order valence-corrected chi connectivity index (χ4v) is 2.86. The van der Waals surface area contributed by atoms with Crippen LogP contribution in [0.25, 0.3) is 0 Å². The molecule has 1 N–H and O–H groups in total. The molecule has 6 heteroatoms. The number of halogens is 1. The first-order chi connectivity index (χ1) is 12.0.